The Labute approximate surface area is 122 Å². The molecule has 5 N–H and O–H groups in total. The van der Waals surface area contributed by atoms with E-state index in [-0.39, 0.29) is 41.9 Å². The van der Waals surface area contributed by atoms with Crippen LogP contribution in [0.1, 0.15) is 0 Å². The van der Waals surface area contributed by atoms with Crippen molar-refractivity contribution in [3.05, 3.63) is 0 Å². The van der Waals surface area contributed by atoms with Crippen LogP contribution in [0.15, 0.2) is 0 Å². The molecule has 0 bridgehead atoms. The van der Waals surface area contributed by atoms with Gasteiger partial charge in [0, 0.05) is 24.6 Å². The molecule has 1 aliphatic heterocycles. The summed E-state index contributed by atoms with van der Waals surface area (Å²) >= 11 is 3.64. The van der Waals surface area contributed by atoms with Crippen LogP contribution in [-0.4, -0.2) is 47.3 Å². The van der Waals surface area contributed by atoms with Gasteiger partial charge in [0.1, 0.15) is 0 Å². The molecular weight excluding hydrogens is 342 g/mol. The molecule has 120 valence electrons. The molecule has 0 atom stereocenters. The van der Waals surface area contributed by atoms with Gasteiger partial charge in [-0.25, -0.2) is 0 Å². The van der Waals surface area contributed by atoms with Crippen LogP contribution in [0.5, 0.6) is 0 Å². The lowest BCUT2D eigenvalue weighted by molar-refractivity contribution is -0.271. The lowest BCUT2D eigenvalue weighted by atomic mass is 10.2. The molecule has 1 saturated heterocycles. The maximum absolute atomic E-state index is 12.1. The van der Waals surface area contributed by atoms with Crippen LogP contribution < -0.4 is 11.1 Å². The first-order valence-electron chi connectivity index (χ1n) is 4.45. The smallest absolute Gasteiger partial charge is 0.412 e. The average Bonchev–Trinajstić information content (AvgIpc) is 2.66. The second-order valence-electron chi connectivity index (χ2n) is 2.96. The van der Waals surface area contributed by atoms with E-state index in [0.717, 1.165) is 5.75 Å². The Balaban J connectivity index is -0.000000379. The number of thiol groups is 1. The van der Waals surface area contributed by atoms with Crippen LogP contribution >= 0.6 is 36.8 Å². The molecule has 0 unspecified atom stereocenters. The second-order valence-corrected chi connectivity index (χ2v) is 4.72. The van der Waals surface area contributed by atoms with Gasteiger partial charge in [-0.15, -0.1) is 24.2 Å². The van der Waals surface area contributed by atoms with Gasteiger partial charge in [0.2, 0.25) is 0 Å². The second kappa shape index (κ2) is 9.40. The molecule has 0 aromatic heterocycles. The Morgan fingerprint density at radius 3 is 1.63 bits per heavy atom. The highest BCUT2D eigenvalue weighted by atomic mass is 35.5. The molecule has 0 aliphatic carbocycles. The standard InChI is InChI=1S/C5H5F6NS.C2H7NS.ClH.H2O/c6-4(7,8)3(5(9,10)11)12-1-2-13-3;3-1-2-4;;/h12H,1-2H2;4H,1-3H2;1H;1H2. The number of halogens is 7. The highest BCUT2D eigenvalue weighted by molar-refractivity contribution is 8.01. The summed E-state index contributed by atoms with van der Waals surface area (Å²) in [4.78, 5) is -3.76. The molecule has 1 aliphatic rings. The van der Waals surface area contributed by atoms with Crippen molar-refractivity contribution in [2.24, 2.45) is 5.73 Å². The highest BCUT2D eigenvalue weighted by Gasteiger charge is 2.72. The van der Waals surface area contributed by atoms with Gasteiger partial charge in [0.15, 0.2) is 0 Å². The predicted molar refractivity (Wildman–Crippen MR) is 69.1 cm³/mol. The first-order valence-corrected chi connectivity index (χ1v) is 6.07. The number of nitrogens with one attached hydrogen (secondary N) is 1. The number of thioether (sulfide) groups is 1. The molecule has 0 radical (unpaired) electrons. The van der Waals surface area contributed by atoms with Crippen molar-refractivity contribution in [1.82, 2.24) is 5.32 Å². The van der Waals surface area contributed by atoms with Crippen molar-refractivity contribution in [1.29, 1.82) is 0 Å². The van der Waals surface area contributed by atoms with Gasteiger partial charge in [0.05, 0.1) is 0 Å². The lowest BCUT2D eigenvalue weighted by Crippen LogP contribution is -2.60. The molecule has 1 fully saturated rings. The lowest BCUT2D eigenvalue weighted by Gasteiger charge is -2.32. The van der Waals surface area contributed by atoms with Crippen molar-refractivity contribution >= 4 is 36.8 Å². The fourth-order valence-electron chi connectivity index (χ4n) is 1.01. The molecule has 0 saturated carbocycles. The Bertz CT molecular complexity index is 217. The van der Waals surface area contributed by atoms with E-state index in [1.165, 1.54) is 5.32 Å². The molecule has 0 aromatic rings. The quantitative estimate of drug-likeness (QED) is 0.494. The van der Waals surface area contributed by atoms with E-state index in [0.29, 0.717) is 6.54 Å². The zero-order chi connectivity index (χ0) is 13.7. The van der Waals surface area contributed by atoms with Gasteiger partial charge < -0.3 is 11.2 Å². The summed E-state index contributed by atoms with van der Waals surface area (Å²) in [5.41, 5.74) is 4.95. The topological polar surface area (TPSA) is 69.5 Å². The number of hydrogen-bond acceptors (Lipinski definition) is 4. The molecule has 1 heterocycles. The molecule has 0 spiro atoms. The third-order valence-corrected chi connectivity index (χ3v) is 3.43. The van der Waals surface area contributed by atoms with Crippen LogP contribution in [0.4, 0.5) is 26.3 Å². The normalized spacial score (nSPS) is 17.7. The summed E-state index contributed by atoms with van der Waals surface area (Å²) in [6.45, 7) is 0.396. The summed E-state index contributed by atoms with van der Waals surface area (Å²) in [5.74, 6) is 0.596. The monoisotopic (exact) mass is 356 g/mol. The highest BCUT2D eigenvalue weighted by Crippen LogP contribution is 2.51. The third kappa shape index (κ3) is 6.17. The molecule has 0 aromatic carbocycles. The maximum atomic E-state index is 12.1. The third-order valence-electron chi connectivity index (χ3n) is 1.72. The molecule has 19 heavy (non-hydrogen) atoms. The minimum absolute atomic E-state index is 0. The molecule has 0 amide bonds. The van der Waals surface area contributed by atoms with E-state index in [2.05, 4.69) is 12.6 Å². The van der Waals surface area contributed by atoms with E-state index in [1.807, 2.05) is 0 Å². The van der Waals surface area contributed by atoms with Crippen molar-refractivity contribution < 1.29 is 31.8 Å². The van der Waals surface area contributed by atoms with Crippen molar-refractivity contribution in [2.45, 2.75) is 17.2 Å². The van der Waals surface area contributed by atoms with E-state index in [9.17, 15) is 26.3 Å². The fourth-order valence-corrected chi connectivity index (χ4v) is 2.05. The minimum Gasteiger partial charge on any atom is -0.412 e. The summed E-state index contributed by atoms with van der Waals surface area (Å²) in [6, 6.07) is 0. The largest absolute Gasteiger partial charge is 0.425 e. The fraction of sp³-hybridized carbons (Fsp3) is 1.00. The van der Waals surface area contributed by atoms with Crippen LogP contribution in [0.3, 0.4) is 0 Å². The van der Waals surface area contributed by atoms with Gasteiger partial charge in [-0.3, -0.25) is 5.32 Å². The summed E-state index contributed by atoms with van der Waals surface area (Å²) < 4.78 is 72.7. The summed E-state index contributed by atoms with van der Waals surface area (Å²) in [5, 5.41) is 1.46. The zero-order valence-corrected chi connectivity index (χ0v) is 12.0. The van der Waals surface area contributed by atoms with Gasteiger partial charge in [-0.2, -0.15) is 39.0 Å². The molecule has 1 rings (SSSR count). The van der Waals surface area contributed by atoms with Crippen LogP contribution in [0.25, 0.3) is 0 Å². The number of nitrogens with two attached hydrogens (primary N) is 1. The Kier molecular flexibility index (Phi) is 12.1. The van der Waals surface area contributed by atoms with Crippen LogP contribution in [0, 0.1) is 0 Å². The predicted octanol–water partition coefficient (Wildman–Crippen LogP) is 1.62. The zero-order valence-electron chi connectivity index (χ0n) is 9.44. The van der Waals surface area contributed by atoms with E-state index < -0.39 is 17.2 Å². The summed E-state index contributed by atoms with van der Waals surface area (Å²) in [6.07, 6.45) is -10.6. The number of hydrogen-bond donors (Lipinski definition) is 3. The summed E-state index contributed by atoms with van der Waals surface area (Å²) in [7, 11) is 0. The van der Waals surface area contributed by atoms with Gasteiger partial charge in [0.25, 0.3) is 4.87 Å². The van der Waals surface area contributed by atoms with Gasteiger partial charge in [-0.05, 0) is 0 Å². The Morgan fingerprint density at radius 2 is 1.53 bits per heavy atom. The van der Waals surface area contributed by atoms with Gasteiger partial charge >= 0.3 is 12.4 Å². The Hall–Kier alpha value is 0.450. The molecule has 12 heteroatoms. The van der Waals surface area contributed by atoms with Gasteiger partial charge in [-0.1, -0.05) is 0 Å². The van der Waals surface area contributed by atoms with Crippen molar-refractivity contribution in [3.63, 3.8) is 0 Å². The molecular formula is C7H15ClF6N2OS2. The Morgan fingerprint density at radius 1 is 1.16 bits per heavy atom. The van der Waals surface area contributed by atoms with Crippen LogP contribution in [0.2, 0.25) is 0 Å². The van der Waals surface area contributed by atoms with Crippen LogP contribution in [-0.2, 0) is 0 Å². The number of rotatable bonds is 1. The van der Waals surface area contributed by atoms with Crippen molar-refractivity contribution in [2.75, 3.05) is 24.6 Å². The van der Waals surface area contributed by atoms with Crippen molar-refractivity contribution in [3.8, 4) is 0 Å². The average molecular weight is 357 g/mol. The first-order chi connectivity index (χ1) is 7.62. The van der Waals surface area contributed by atoms with E-state index >= 15 is 0 Å². The van der Waals surface area contributed by atoms with E-state index in [4.69, 9.17) is 5.73 Å². The first kappa shape index (κ1) is 24.5. The molecule has 3 nitrogen and oxygen atoms in total. The maximum Gasteiger partial charge on any atom is 0.425 e. The SMILES string of the molecule is Cl.FC(F)(F)C1(C(F)(F)F)NCCS1.NCCS.O. The van der Waals surface area contributed by atoms with E-state index in [1.54, 1.807) is 0 Å². The number of alkyl halides is 6. The minimum atomic E-state index is -5.31.